The van der Waals surface area contributed by atoms with Gasteiger partial charge >= 0.3 is 0 Å². The molecule has 0 atom stereocenters. The highest BCUT2D eigenvalue weighted by molar-refractivity contribution is 7.99. The minimum absolute atomic E-state index is 0.249. The Labute approximate surface area is 155 Å². The predicted molar refractivity (Wildman–Crippen MR) is 98.0 cm³/mol. The minimum Gasteiger partial charge on any atom is -0.486 e. The van der Waals surface area contributed by atoms with E-state index in [-0.39, 0.29) is 12.4 Å². The first-order valence-electron chi connectivity index (χ1n) is 8.69. The summed E-state index contributed by atoms with van der Waals surface area (Å²) in [6.07, 6.45) is 8.52. The molecule has 0 radical (unpaired) electrons. The second kappa shape index (κ2) is 7.86. The number of benzene rings is 1. The highest BCUT2D eigenvalue weighted by atomic mass is 32.2. The number of thioether (sulfide) groups is 1. The van der Waals surface area contributed by atoms with Gasteiger partial charge in [-0.3, -0.25) is 9.55 Å². The molecule has 0 bridgehead atoms. The molecule has 3 aromatic rings. The zero-order chi connectivity index (χ0) is 17.8. The molecule has 2 heterocycles. The Bertz CT molecular complexity index is 848. The van der Waals surface area contributed by atoms with Crippen LogP contribution in [0, 0.1) is 5.82 Å². The zero-order valence-corrected chi connectivity index (χ0v) is 15.0. The summed E-state index contributed by atoms with van der Waals surface area (Å²) in [6, 6.07) is 9.84. The fraction of sp³-hybridized carbons (Fsp3) is 0.316. The molecule has 0 saturated heterocycles. The molecule has 134 valence electrons. The standard InChI is InChI=1S/C19H19FN4OS/c20-14-7-9-16(10-8-14)25-13-18-22-23-19(26-17-5-1-2-6-17)24(18)15-4-3-11-21-12-15/h3-4,7-12,17H,1-2,5-6,13H2. The molecule has 1 fully saturated rings. The quantitative estimate of drug-likeness (QED) is 0.643. The van der Waals surface area contributed by atoms with Crippen LogP contribution in [0.2, 0.25) is 0 Å². The molecule has 1 aliphatic carbocycles. The normalized spacial score (nSPS) is 14.7. The number of pyridine rings is 1. The minimum atomic E-state index is -0.286. The molecule has 1 saturated carbocycles. The number of halogens is 1. The third-order valence-electron chi connectivity index (χ3n) is 4.36. The second-order valence-corrected chi connectivity index (χ2v) is 7.48. The Hall–Kier alpha value is -2.41. The summed E-state index contributed by atoms with van der Waals surface area (Å²) in [5.74, 6) is 1.01. The van der Waals surface area contributed by atoms with Crippen LogP contribution in [-0.2, 0) is 6.61 Å². The van der Waals surface area contributed by atoms with Gasteiger partial charge in [-0.15, -0.1) is 10.2 Å². The summed E-state index contributed by atoms with van der Waals surface area (Å²) in [7, 11) is 0. The summed E-state index contributed by atoms with van der Waals surface area (Å²) >= 11 is 1.77. The van der Waals surface area contributed by atoms with Crippen molar-refractivity contribution < 1.29 is 9.13 Å². The van der Waals surface area contributed by atoms with Crippen LogP contribution in [0.25, 0.3) is 5.69 Å². The van der Waals surface area contributed by atoms with Gasteiger partial charge in [-0.25, -0.2) is 4.39 Å². The number of hydrogen-bond acceptors (Lipinski definition) is 5. The first-order chi connectivity index (χ1) is 12.8. The van der Waals surface area contributed by atoms with Crippen molar-refractivity contribution in [3.8, 4) is 11.4 Å². The van der Waals surface area contributed by atoms with E-state index in [0.717, 1.165) is 10.8 Å². The average Bonchev–Trinajstić information content (AvgIpc) is 3.32. The molecule has 0 N–H and O–H groups in total. The van der Waals surface area contributed by atoms with Crippen molar-refractivity contribution in [1.29, 1.82) is 0 Å². The number of aromatic nitrogens is 4. The monoisotopic (exact) mass is 370 g/mol. The Morgan fingerprint density at radius 1 is 1.12 bits per heavy atom. The van der Waals surface area contributed by atoms with E-state index in [9.17, 15) is 4.39 Å². The lowest BCUT2D eigenvalue weighted by Crippen LogP contribution is -2.08. The molecule has 0 spiro atoms. The average molecular weight is 370 g/mol. The number of ether oxygens (including phenoxy) is 1. The van der Waals surface area contributed by atoms with Gasteiger partial charge in [-0.2, -0.15) is 0 Å². The maximum atomic E-state index is 13.0. The molecule has 5 nitrogen and oxygen atoms in total. The zero-order valence-electron chi connectivity index (χ0n) is 14.2. The van der Waals surface area contributed by atoms with Gasteiger partial charge in [0.05, 0.1) is 11.9 Å². The van der Waals surface area contributed by atoms with E-state index in [0.29, 0.717) is 16.8 Å². The van der Waals surface area contributed by atoms with Crippen molar-refractivity contribution in [3.63, 3.8) is 0 Å². The summed E-state index contributed by atoms with van der Waals surface area (Å²) in [5.41, 5.74) is 0.913. The van der Waals surface area contributed by atoms with Crippen molar-refractivity contribution in [3.05, 3.63) is 60.4 Å². The van der Waals surface area contributed by atoms with E-state index < -0.39 is 0 Å². The summed E-state index contributed by atoms with van der Waals surface area (Å²) in [6.45, 7) is 0.249. The maximum absolute atomic E-state index is 13.0. The molecular weight excluding hydrogens is 351 g/mol. The fourth-order valence-corrected chi connectivity index (χ4v) is 4.32. The molecule has 7 heteroatoms. The van der Waals surface area contributed by atoms with Gasteiger partial charge in [-0.1, -0.05) is 24.6 Å². The van der Waals surface area contributed by atoms with Crippen LogP contribution in [0.3, 0.4) is 0 Å². The van der Waals surface area contributed by atoms with Gasteiger partial charge in [-0.05, 0) is 49.2 Å². The number of nitrogens with zero attached hydrogens (tertiary/aromatic N) is 4. The van der Waals surface area contributed by atoms with Crippen LogP contribution in [0.15, 0.2) is 53.9 Å². The van der Waals surface area contributed by atoms with Crippen LogP contribution >= 0.6 is 11.8 Å². The maximum Gasteiger partial charge on any atom is 0.196 e. The lowest BCUT2D eigenvalue weighted by Gasteiger charge is -2.12. The first-order valence-corrected chi connectivity index (χ1v) is 9.57. The third-order valence-corrected chi connectivity index (χ3v) is 5.64. The van der Waals surface area contributed by atoms with Crippen molar-refractivity contribution >= 4 is 11.8 Å². The van der Waals surface area contributed by atoms with Crippen LogP contribution < -0.4 is 4.74 Å². The van der Waals surface area contributed by atoms with Gasteiger partial charge < -0.3 is 4.74 Å². The molecule has 26 heavy (non-hydrogen) atoms. The van der Waals surface area contributed by atoms with Crippen molar-refractivity contribution in [2.75, 3.05) is 0 Å². The van der Waals surface area contributed by atoms with Crippen LogP contribution in [0.4, 0.5) is 4.39 Å². The van der Waals surface area contributed by atoms with E-state index in [1.807, 2.05) is 16.7 Å². The molecule has 0 aliphatic heterocycles. The molecule has 1 aromatic carbocycles. The van der Waals surface area contributed by atoms with Gasteiger partial charge in [0.1, 0.15) is 18.2 Å². The topological polar surface area (TPSA) is 52.8 Å². The molecule has 2 aromatic heterocycles. The molecule has 0 unspecified atom stereocenters. The van der Waals surface area contributed by atoms with Gasteiger partial charge in [0.25, 0.3) is 0 Å². The molecular formula is C19H19FN4OS. The van der Waals surface area contributed by atoms with E-state index in [4.69, 9.17) is 4.74 Å². The number of rotatable bonds is 6. The summed E-state index contributed by atoms with van der Waals surface area (Å²) < 4.78 is 20.8. The van der Waals surface area contributed by atoms with E-state index in [1.54, 1.807) is 36.3 Å². The lowest BCUT2D eigenvalue weighted by molar-refractivity contribution is 0.292. The van der Waals surface area contributed by atoms with Crippen molar-refractivity contribution in [2.24, 2.45) is 0 Å². The Morgan fingerprint density at radius 3 is 2.65 bits per heavy atom. The van der Waals surface area contributed by atoms with Crippen LogP contribution in [0.1, 0.15) is 31.5 Å². The Morgan fingerprint density at radius 2 is 1.92 bits per heavy atom. The van der Waals surface area contributed by atoms with Crippen LogP contribution in [0.5, 0.6) is 5.75 Å². The van der Waals surface area contributed by atoms with E-state index in [2.05, 4.69) is 15.2 Å². The fourth-order valence-electron chi connectivity index (χ4n) is 3.05. The first kappa shape index (κ1) is 17.0. The lowest BCUT2D eigenvalue weighted by atomic mass is 10.3. The third kappa shape index (κ3) is 3.88. The highest BCUT2D eigenvalue weighted by Crippen LogP contribution is 2.35. The predicted octanol–water partition coefficient (Wildman–Crippen LogP) is 4.42. The largest absolute Gasteiger partial charge is 0.486 e. The highest BCUT2D eigenvalue weighted by Gasteiger charge is 2.22. The van der Waals surface area contributed by atoms with Gasteiger partial charge in [0.2, 0.25) is 0 Å². The van der Waals surface area contributed by atoms with E-state index >= 15 is 0 Å². The van der Waals surface area contributed by atoms with Gasteiger partial charge in [0.15, 0.2) is 11.0 Å². The SMILES string of the molecule is Fc1ccc(OCc2nnc(SC3CCCC3)n2-c2cccnc2)cc1. The smallest absolute Gasteiger partial charge is 0.196 e. The Balaban J connectivity index is 1.58. The van der Waals surface area contributed by atoms with Crippen molar-refractivity contribution in [2.45, 2.75) is 42.7 Å². The van der Waals surface area contributed by atoms with Gasteiger partial charge in [0, 0.05) is 11.4 Å². The summed E-state index contributed by atoms with van der Waals surface area (Å²) in [5, 5.41) is 10.2. The second-order valence-electron chi connectivity index (χ2n) is 6.21. The Kier molecular flexibility index (Phi) is 5.15. The number of hydrogen-bond donors (Lipinski definition) is 0. The van der Waals surface area contributed by atoms with Crippen molar-refractivity contribution in [1.82, 2.24) is 19.7 Å². The van der Waals surface area contributed by atoms with Crippen LogP contribution in [-0.4, -0.2) is 25.0 Å². The summed E-state index contributed by atoms with van der Waals surface area (Å²) in [4.78, 5) is 4.21. The molecule has 4 rings (SSSR count). The molecule has 0 amide bonds. The molecule has 1 aliphatic rings. The van der Waals surface area contributed by atoms with E-state index in [1.165, 1.54) is 37.8 Å².